The summed E-state index contributed by atoms with van der Waals surface area (Å²) >= 11 is 0. The highest BCUT2D eigenvalue weighted by molar-refractivity contribution is 5.66. The van der Waals surface area contributed by atoms with E-state index in [2.05, 4.69) is 0 Å². The lowest BCUT2D eigenvalue weighted by molar-refractivity contribution is -0.977. The van der Waals surface area contributed by atoms with Gasteiger partial charge in [0.2, 0.25) is 0 Å². The number of nitrogens with zero attached hydrogens (tertiary/aromatic N) is 1. The summed E-state index contributed by atoms with van der Waals surface area (Å²) in [6.07, 6.45) is -3.42. The Hall–Kier alpha value is -0.490. The molecule has 0 bridgehead atoms. The number of aliphatic hydroxyl groups excluding tert-OH is 3. The Morgan fingerprint density at radius 1 is 1.00 bits per heavy atom. The Balaban J connectivity index is 5.19. The van der Waals surface area contributed by atoms with Crippen LogP contribution in [0.1, 0.15) is 27.7 Å². The molecule has 0 aliphatic carbocycles. The number of aliphatic hydroxyl groups is 3. The van der Waals surface area contributed by atoms with Crippen molar-refractivity contribution in [1.29, 1.82) is 0 Å². The van der Waals surface area contributed by atoms with Crippen LogP contribution < -0.4 is 0 Å². The summed E-state index contributed by atoms with van der Waals surface area (Å²) in [4.78, 5) is 11.3. The Morgan fingerprint density at radius 3 is 1.23 bits per heavy atom. The molecule has 0 heterocycles. The molecule has 0 spiro atoms. The maximum atomic E-state index is 11.3. The smallest absolute Gasteiger partial charge is 0.316 e. The molecule has 3 N–H and O–H groups in total. The molecular formula is C8H18NO4+. The molecule has 0 aromatic heterocycles. The molecule has 0 aliphatic rings. The lowest BCUT2D eigenvalue weighted by Crippen LogP contribution is -2.66. The molecular weight excluding hydrogens is 174 g/mol. The molecule has 3 atom stereocenters. The molecule has 5 heteroatoms. The molecule has 3 unspecified atom stereocenters. The van der Waals surface area contributed by atoms with E-state index in [9.17, 15) is 20.1 Å². The number of amides is 1. The van der Waals surface area contributed by atoms with Crippen molar-refractivity contribution in [1.82, 2.24) is 0 Å². The van der Waals surface area contributed by atoms with Gasteiger partial charge in [0, 0.05) is 20.8 Å². The number of hydrogen-bond donors (Lipinski definition) is 3. The van der Waals surface area contributed by atoms with Gasteiger partial charge in [-0.3, -0.25) is 0 Å². The van der Waals surface area contributed by atoms with Crippen molar-refractivity contribution in [2.75, 3.05) is 0 Å². The maximum absolute atomic E-state index is 11.3. The lowest BCUT2D eigenvalue weighted by atomic mass is 10.2. The molecule has 0 saturated heterocycles. The van der Waals surface area contributed by atoms with Gasteiger partial charge in [0.05, 0.1) is 6.92 Å². The van der Waals surface area contributed by atoms with Gasteiger partial charge >= 0.3 is 5.91 Å². The zero-order valence-electron chi connectivity index (χ0n) is 8.43. The van der Waals surface area contributed by atoms with Crippen molar-refractivity contribution in [3.8, 4) is 0 Å². The fraction of sp³-hybridized carbons (Fsp3) is 0.875. The largest absolute Gasteiger partial charge is 0.344 e. The summed E-state index contributed by atoms with van der Waals surface area (Å²) in [5.41, 5.74) is 0. The number of hydrogen-bond acceptors (Lipinski definition) is 4. The zero-order chi connectivity index (χ0) is 10.8. The first kappa shape index (κ1) is 12.5. The van der Waals surface area contributed by atoms with Gasteiger partial charge in [-0.1, -0.05) is 0 Å². The van der Waals surface area contributed by atoms with Gasteiger partial charge < -0.3 is 15.3 Å². The van der Waals surface area contributed by atoms with Crippen LogP contribution in [0.25, 0.3) is 0 Å². The number of carbonyl (C=O) groups excluding carboxylic acids is 1. The van der Waals surface area contributed by atoms with Gasteiger partial charge in [-0.15, -0.1) is 0 Å². The first-order valence-electron chi connectivity index (χ1n) is 4.21. The van der Waals surface area contributed by atoms with E-state index in [0.717, 1.165) is 0 Å². The van der Waals surface area contributed by atoms with E-state index in [1.807, 2.05) is 0 Å². The van der Waals surface area contributed by atoms with Gasteiger partial charge in [0.15, 0.2) is 18.7 Å². The minimum Gasteiger partial charge on any atom is -0.344 e. The fourth-order valence-corrected chi connectivity index (χ4v) is 1.73. The minimum absolute atomic E-state index is 0.472. The minimum atomic E-state index is -1.14. The number of rotatable bonds is 3. The second kappa shape index (κ2) is 4.15. The monoisotopic (exact) mass is 192 g/mol. The van der Waals surface area contributed by atoms with Crippen LogP contribution in [0.15, 0.2) is 0 Å². The van der Waals surface area contributed by atoms with Crippen molar-refractivity contribution < 1.29 is 24.6 Å². The first-order chi connectivity index (χ1) is 5.77. The van der Waals surface area contributed by atoms with E-state index in [0.29, 0.717) is 0 Å². The van der Waals surface area contributed by atoms with Crippen LogP contribution in [0.4, 0.5) is 0 Å². The van der Waals surface area contributed by atoms with Crippen molar-refractivity contribution in [3.05, 3.63) is 0 Å². The number of carbonyl (C=O) groups is 1. The summed E-state index contributed by atoms with van der Waals surface area (Å²) in [5, 5.41) is 28.2. The third-order valence-electron chi connectivity index (χ3n) is 2.40. The molecule has 0 aliphatic heterocycles. The topological polar surface area (TPSA) is 77.8 Å². The fourth-order valence-electron chi connectivity index (χ4n) is 1.73. The summed E-state index contributed by atoms with van der Waals surface area (Å²) < 4.78 is -0.750. The van der Waals surface area contributed by atoms with Gasteiger partial charge in [0.1, 0.15) is 0 Å². The van der Waals surface area contributed by atoms with Crippen LogP contribution in [0.5, 0.6) is 0 Å². The average Bonchev–Trinajstić information content (AvgIpc) is 1.82. The van der Waals surface area contributed by atoms with Gasteiger partial charge in [-0.25, -0.2) is 4.79 Å². The summed E-state index contributed by atoms with van der Waals surface area (Å²) in [6, 6.07) is 0. The Morgan fingerprint density at radius 2 is 1.23 bits per heavy atom. The second-order valence-corrected chi connectivity index (χ2v) is 3.25. The maximum Gasteiger partial charge on any atom is 0.316 e. The number of quaternary nitrogens is 1. The molecule has 5 nitrogen and oxygen atoms in total. The molecule has 0 saturated carbocycles. The van der Waals surface area contributed by atoms with Crippen LogP contribution >= 0.6 is 0 Å². The Labute approximate surface area is 77.8 Å². The second-order valence-electron chi connectivity index (χ2n) is 3.25. The quantitative estimate of drug-likeness (QED) is 0.411. The first-order valence-corrected chi connectivity index (χ1v) is 4.21. The highest BCUT2D eigenvalue weighted by Gasteiger charge is 2.47. The van der Waals surface area contributed by atoms with Crippen LogP contribution in [-0.2, 0) is 4.79 Å². The zero-order valence-corrected chi connectivity index (χ0v) is 8.43. The van der Waals surface area contributed by atoms with E-state index in [-0.39, 0.29) is 0 Å². The summed E-state index contributed by atoms with van der Waals surface area (Å²) in [5.74, 6) is -0.472. The average molecular weight is 192 g/mol. The van der Waals surface area contributed by atoms with Crippen LogP contribution in [0.3, 0.4) is 0 Å². The van der Waals surface area contributed by atoms with E-state index in [1.165, 1.54) is 27.7 Å². The van der Waals surface area contributed by atoms with Crippen LogP contribution in [0.2, 0.25) is 0 Å². The van der Waals surface area contributed by atoms with Crippen LogP contribution in [0, 0.1) is 0 Å². The van der Waals surface area contributed by atoms with E-state index in [1.54, 1.807) is 0 Å². The van der Waals surface area contributed by atoms with Crippen molar-refractivity contribution >= 4 is 5.91 Å². The molecule has 0 aromatic carbocycles. The molecule has 0 rings (SSSR count). The predicted octanol–water partition coefficient (Wildman–Crippen LogP) is -0.635. The standard InChI is InChI=1S/C8H18NO4/c1-5(10)9(6(2)11,7(3)12)8(4)13/h5-7,10-12H,1-4H3/q+1. The van der Waals surface area contributed by atoms with Crippen molar-refractivity contribution in [2.45, 2.75) is 46.4 Å². The third-order valence-corrected chi connectivity index (χ3v) is 2.40. The SMILES string of the molecule is CC(=O)[N+](C(C)O)(C(C)O)C(C)O. The van der Waals surface area contributed by atoms with E-state index in [4.69, 9.17) is 0 Å². The van der Waals surface area contributed by atoms with Gasteiger partial charge in [-0.05, 0) is 0 Å². The Kier molecular flexibility index (Phi) is 3.99. The molecule has 0 radical (unpaired) electrons. The Bertz CT molecular complexity index is 167. The highest BCUT2D eigenvalue weighted by atomic mass is 16.4. The van der Waals surface area contributed by atoms with E-state index >= 15 is 0 Å². The van der Waals surface area contributed by atoms with Gasteiger partial charge in [-0.2, -0.15) is 4.48 Å². The lowest BCUT2D eigenvalue weighted by Gasteiger charge is -2.41. The normalized spacial score (nSPS) is 23.0. The highest BCUT2D eigenvalue weighted by Crippen LogP contribution is 2.21. The van der Waals surface area contributed by atoms with Gasteiger partial charge in [0.25, 0.3) is 0 Å². The molecule has 1 amide bonds. The van der Waals surface area contributed by atoms with Crippen molar-refractivity contribution in [3.63, 3.8) is 0 Å². The predicted molar refractivity (Wildman–Crippen MR) is 46.0 cm³/mol. The third kappa shape index (κ3) is 1.88. The molecule has 0 aromatic rings. The molecule has 78 valence electrons. The van der Waals surface area contributed by atoms with Crippen molar-refractivity contribution in [2.24, 2.45) is 0 Å². The van der Waals surface area contributed by atoms with Crippen LogP contribution in [-0.4, -0.2) is 44.4 Å². The molecule has 0 fully saturated rings. The van der Waals surface area contributed by atoms with E-state index < -0.39 is 29.1 Å². The summed E-state index contributed by atoms with van der Waals surface area (Å²) in [7, 11) is 0. The molecule has 13 heavy (non-hydrogen) atoms. The summed E-state index contributed by atoms with van der Waals surface area (Å²) in [6.45, 7) is 5.31.